The first kappa shape index (κ1) is 19.3. The fraction of sp³-hybridized carbons (Fsp3) is 0.304. The molecule has 1 heterocycles. The van der Waals surface area contributed by atoms with Crippen LogP contribution in [0.3, 0.4) is 0 Å². The van der Waals surface area contributed by atoms with Crippen molar-refractivity contribution in [2.75, 3.05) is 11.9 Å². The zero-order valence-electron chi connectivity index (χ0n) is 16.7. The summed E-state index contributed by atoms with van der Waals surface area (Å²) in [4.78, 5) is 14.9. The molecular weight excluding hydrogens is 367 g/mol. The number of carbonyl (C=O) groups excluding carboxylic acids is 1. The Balaban J connectivity index is 1.47. The molecule has 1 amide bonds. The van der Waals surface area contributed by atoms with E-state index in [1.165, 1.54) is 12.1 Å². The third-order valence-electron chi connectivity index (χ3n) is 5.24. The molecule has 2 aromatic carbocycles. The molecule has 1 aromatic heterocycles. The van der Waals surface area contributed by atoms with Gasteiger partial charge in [0.1, 0.15) is 5.82 Å². The summed E-state index contributed by atoms with van der Waals surface area (Å²) in [6, 6.07) is 16.8. The van der Waals surface area contributed by atoms with Gasteiger partial charge in [-0.25, -0.2) is 9.07 Å². The van der Waals surface area contributed by atoms with Crippen molar-refractivity contribution < 1.29 is 9.18 Å². The summed E-state index contributed by atoms with van der Waals surface area (Å²) >= 11 is 0. The lowest BCUT2D eigenvalue weighted by atomic mass is 10.2. The van der Waals surface area contributed by atoms with Crippen LogP contribution in [0.4, 0.5) is 10.1 Å². The molecule has 150 valence electrons. The number of nitrogens with one attached hydrogen (secondary N) is 1. The molecule has 3 aromatic rings. The van der Waals surface area contributed by atoms with E-state index in [1.807, 2.05) is 54.9 Å². The molecule has 0 spiro atoms. The summed E-state index contributed by atoms with van der Waals surface area (Å²) in [7, 11) is 0. The average Bonchev–Trinajstić information content (AvgIpc) is 3.51. The number of carbonyl (C=O) groups is 1. The summed E-state index contributed by atoms with van der Waals surface area (Å²) in [6.07, 6.45) is 2.15. The Hall–Kier alpha value is -2.99. The van der Waals surface area contributed by atoms with Gasteiger partial charge in [-0.3, -0.25) is 9.69 Å². The van der Waals surface area contributed by atoms with Gasteiger partial charge in [0, 0.05) is 12.6 Å². The minimum atomic E-state index is -0.248. The number of hydrogen-bond donors (Lipinski definition) is 1. The van der Waals surface area contributed by atoms with Crippen molar-refractivity contribution in [1.29, 1.82) is 0 Å². The van der Waals surface area contributed by atoms with Gasteiger partial charge in [0.25, 0.3) is 0 Å². The topological polar surface area (TPSA) is 50.2 Å². The average molecular weight is 392 g/mol. The molecule has 6 heteroatoms. The van der Waals surface area contributed by atoms with Gasteiger partial charge in [0.15, 0.2) is 0 Å². The van der Waals surface area contributed by atoms with Gasteiger partial charge in [0.05, 0.1) is 29.3 Å². The molecular formula is C23H25FN4O. The highest BCUT2D eigenvalue weighted by atomic mass is 19.1. The zero-order valence-corrected chi connectivity index (χ0v) is 16.7. The van der Waals surface area contributed by atoms with Crippen molar-refractivity contribution >= 4 is 11.6 Å². The number of nitrogens with zero attached hydrogens (tertiary/aromatic N) is 3. The lowest BCUT2D eigenvalue weighted by Gasteiger charge is -2.21. The van der Waals surface area contributed by atoms with Crippen LogP contribution < -0.4 is 5.32 Å². The van der Waals surface area contributed by atoms with E-state index in [2.05, 4.69) is 15.3 Å². The van der Waals surface area contributed by atoms with Gasteiger partial charge in [-0.1, -0.05) is 30.3 Å². The second-order valence-electron chi connectivity index (χ2n) is 7.61. The van der Waals surface area contributed by atoms with Gasteiger partial charge in [-0.15, -0.1) is 0 Å². The SMILES string of the molecule is Cc1nn(-c2ccccc2)c(C)c1NC(=O)CN(Cc1cccc(F)c1)C1CC1. The lowest BCUT2D eigenvalue weighted by molar-refractivity contribution is -0.117. The Morgan fingerprint density at radius 2 is 1.93 bits per heavy atom. The summed E-state index contributed by atoms with van der Waals surface area (Å²) in [5.74, 6) is -0.325. The number of halogens is 1. The van der Waals surface area contributed by atoms with Crippen LogP contribution in [0.5, 0.6) is 0 Å². The number of aromatic nitrogens is 2. The molecule has 1 fully saturated rings. The third-order valence-corrected chi connectivity index (χ3v) is 5.24. The summed E-state index contributed by atoms with van der Waals surface area (Å²) < 4.78 is 15.4. The molecule has 1 saturated carbocycles. The number of hydrogen-bond acceptors (Lipinski definition) is 3. The molecule has 0 radical (unpaired) electrons. The van der Waals surface area contributed by atoms with Gasteiger partial charge in [-0.05, 0) is 56.5 Å². The van der Waals surface area contributed by atoms with Crippen molar-refractivity contribution in [1.82, 2.24) is 14.7 Å². The lowest BCUT2D eigenvalue weighted by Crippen LogP contribution is -2.34. The molecule has 4 rings (SSSR count). The van der Waals surface area contributed by atoms with Crippen LogP contribution >= 0.6 is 0 Å². The summed E-state index contributed by atoms with van der Waals surface area (Å²) in [5.41, 5.74) is 4.27. The molecule has 0 aliphatic heterocycles. The number of anilines is 1. The maximum atomic E-state index is 13.5. The molecule has 1 N–H and O–H groups in total. The second kappa shape index (κ2) is 8.17. The van der Waals surface area contributed by atoms with E-state index in [-0.39, 0.29) is 18.3 Å². The van der Waals surface area contributed by atoms with Crippen molar-refractivity contribution in [2.45, 2.75) is 39.3 Å². The van der Waals surface area contributed by atoms with Gasteiger partial charge < -0.3 is 5.32 Å². The zero-order chi connectivity index (χ0) is 20.4. The van der Waals surface area contributed by atoms with Crippen molar-refractivity contribution in [2.24, 2.45) is 0 Å². The summed E-state index contributed by atoms with van der Waals surface area (Å²) in [5, 5.41) is 7.63. The number of rotatable bonds is 7. The Morgan fingerprint density at radius 1 is 1.17 bits per heavy atom. The molecule has 0 atom stereocenters. The van der Waals surface area contributed by atoms with Gasteiger partial charge >= 0.3 is 0 Å². The van der Waals surface area contributed by atoms with E-state index in [0.29, 0.717) is 12.6 Å². The van der Waals surface area contributed by atoms with Gasteiger partial charge in [0.2, 0.25) is 5.91 Å². The van der Waals surface area contributed by atoms with E-state index in [0.717, 1.165) is 41.2 Å². The minimum Gasteiger partial charge on any atom is -0.322 e. The number of para-hydroxylation sites is 1. The molecule has 1 aliphatic rings. The highest BCUT2D eigenvalue weighted by Gasteiger charge is 2.30. The Morgan fingerprint density at radius 3 is 2.62 bits per heavy atom. The number of benzene rings is 2. The van der Waals surface area contributed by atoms with E-state index in [4.69, 9.17) is 0 Å². The van der Waals surface area contributed by atoms with E-state index >= 15 is 0 Å². The van der Waals surface area contributed by atoms with Crippen LogP contribution in [-0.4, -0.2) is 33.2 Å². The van der Waals surface area contributed by atoms with Crippen LogP contribution in [0.15, 0.2) is 54.6 Å². The number of aryl methyl sites for hydroxylation is 1. The van der Waals surface area contributed by atoms with Crippen LogP contribution in [-0.2, 0) is 11.3 Å². The molecule has 1 aliphatic carbocycles. The van der Waals surface area contributed by atoms with Crippen LogP contribution in [0.1, 0.15) is 29.8 Å². The van der Waals surface area contributed by atoms with Crippen molar-refractivity contribution in [3.05, 3.63) is 77.4 Å². The first-order valence-corrected chi connectivity index (χ1v) is 9.91. The maximum Gasteiger partial charge on any atom is 0.238 e. The third kappa shape index (κ3) is 4.54. The normalized spacial score (nSPS) is 13.7. The monoisotopic (exact) mass is 392 g/mol. The Labute approximate surface area is 170 Å². The highest BCUT2D eigenvalue weighted by molar-refractivity contribution is 5.93. The minimum absolute atomic E-state index is 0.0767. The second-order valence-corrected chi connectivity index (χ2v) is 7.61. The molecule has 0 bridgehead atoms. The smallest absolute Gasteiger partial charge is 0.238 e. The fourth-order valence-electron chi connectivity index (χ4n) is 3.63. The predicted molar refractivity (Wildman–Crippen MR) is 111 cm³/mol. The molecule has 5 nitrogen and oxygen atoms in total. The maximum absolute atomic E-state index is 13.5. The van der Waals surface area contributed by atoms with E-state index in [9.17, 15) is 9.18 Å². The van der Waals surface area contributed by atoms with Crippen LogP contribution in [0.2, 0.25) is 0 Å². The van der Waals surface area contributed by atoms with E-state index < -0.39 is 0 Å². The van der Waals surface area contributed by atoms with Crippen molar-refractivity contribution in [3.8, 4) is 5.69 Å². The summed E-state index contributed by atoms with van der Waals surface area (Å²) in [6.45, 7) is 4.69. The molecule has 0 saturated heterocycles. The van der Waals surface area contributed by atoms with Crippen molar-refractivity contribution in [3.63, 3.8) is 0 Å². The van der Waals surface area contributed by atoms with Gasteiger partial charge in [-0.2, -0.15) is 5.10 Å². The fourth-order valence-corrected chi connectivity index (χ4v) is 3.63. The molecule has 0 unspecified atom stereocenters. The standard InChI is InChI=1S/C23H25FN4O/c1-16-23(17(2)28(26-16)21-9-4-3-5-10-21)25-22(29)15-27(20-11-12-20)14-18-7-6-8-19(24)13-18/h3-10,13,20H,11-12,14-15H2,1-2H3,(H,25,29). The predicted octanol–water partition coefficient (Wildman–Crippen LogP) is 4.23. The quantitative estimate of drug-likeness (QED) is 0.655. The highest BCUT2D eigenvalue weighted by Crippen LogP contribution is 2.29. The Bertz CT molecular complexity index is 1010. The first-order valence-electron chi connectivity index (χ1n) is 9.91. The van der Waals surface area contributed by atoms with Crippen LogP contribution in [0, 0.1) is 19.7 Å². The number of amides is 1. The van der Waals surface area contributed by atoms with Crippen LogP contribution in [0.25, 0.3) is 5.69 Å². The van der Waals surface area contributed by atoms with E-state index in [1.54, 1.807) is 6.07 Å². The molecule has 29 heavy (non-hydrogen) atoms. The Kier molecular flexibility index (Phi) is 5.45. The first-order chi connectivity index (χ1) is 14.0. The largest absolute Gasteiger partial charge is 0.322 e.